The summed E-state index contributed by atoms with van der Waals surface area (Å²) in [5.74, 6) is 0.289. The van der Waals surface area contributed by atoms with Crippen molar-refractivity contribution in [3.63, 3.8) is 0 Å². The normalized spacial score (nSPS) is 13.2. The molecule has 1 aromatic rings. The Bertz CT molecular complexity index is 379. The highest BCUT2D eigenvalue weighted by molar-refractivity contribution is 5.22. The van der Waals surface area contributed by atoms with E-state index in [0.29, 0.717) is 0 Å². The van der Waals surface area contributed by atoms with Crippen molar-refractivity contribution < 1.29 is 9.84 Å². The summed E-state index contributed by atoms with van der Waals surface area (Å²) in [7, 11) is 1.73. The minimum Gasteiger partial charge on any atom is -0.392 e. The number of aryl methyl sites for hydroxylation is 1. The number of hydrogen-bond acceptors (Lipinski definition) is 3. The zero-order valence-corrected chi connectivity index (χ0v) is 13.3. The standard InChI is InChI=1S/C17H29NO2/c1-14(2)17(19)13-18(9-6-10-20-4)12-16-8-5-7-15(3)11-16/h5,7-8,11,14,17,19H,6,9-10,12-13H2,1-4H3. The van der Waals surface area contributed by atoms with Crippen LogP contribution in [0.3, 0.4) is 0 Å². The average molecular weight is 279 g/mol. The molecule has 0 fully saturated rings. The van der Waals surface area contributed by atoms with Gasteiger partial charge in [-0.25, -0.2) is 0 Å². The topological polar surface area (TPSA) is 32.7 Å². The van der Waals surface area contributed by atoms with Crippen LogP contribution in [0.5, 0.6) is 0 Å². The van der Waals surface area contributed by atoms with E-state index in [1.807, 2.05) is 0 Å². The van der Waals surface area contributed by atoms with Crippen LogP contribution in [0.25, 0.3) is 0 Å². The van der Waals surface area contributed by atoms with Gasteiger partial charge in [-0.1, -0.05) is 43.7 Å². The molecular formula is C17H29NO2. The van der Waals surface area contributed by atoms with Crippen molar-refractivity contribution in [2.45, 2.75) is 39.8 Å². The van der Waals surface area contributed by atoms with Crippen LogP contribution in [0.4, 0.5) is 0 Å². The molecule has 1 atom stereocenters. The van der Waals surface area contributed by atoms with E-state index in [4.69, 9.17) is 4.74 Å². The van der Waals surface area contributed by atoms with Crippen molar-refractivity contribution >= 4 is 0 Å². The van der Waals surface area contributed by atoms with E-state index >= 15 is 0 Å². The van der Waals surface area contributed by atoms with Gasteiger partial charge < -0.3 is 9.84 Å². The highest BCUT2D eigenvalue weighted by Crippen LogP contribution is 2.11. The van der Waals surface area contributed by atoms with E-state index in [1.54, 1.807) is 7.11 Å². The molecule has 1 aromatic carbocycles. The minimum absolute atomic E-state index is 0.276. The molecule has 0 aliphatic heterocycles. The predicted octanol–water partition coefficient (Wildman–Crippen LogP) is 2.85. The SMILES string of the molecule is COCCCN(Cc1cccc(C)c1)CC(O)C(C)C. The molecule has 0 saturated carbocycles. The van der Waals surface area contributed by atoms with Crippen LogP contribution in [-0.4, -0.2) is 42.9 Å². The third kappa shape index (κ3) is 6.51. The van der Waals surface area contributed by atoms with Crippen molar-refractivity contribution in [1.29, 1.82) is 0 Å². The van der Waals surface area contributed by atoms with E-state index in [2.05, 4.69) is 49.9 Å². The van der Waals surface area contributed by atoms with Gasteiger partial charge in [0.2, 0.25) is 0 Å². The van der Waals surface area contributed by atoms with Crippen LogP contribution >= 0.6 is 0 Å². The van der Waals surface area contributed by atoms with Crippen LogP contribution in [0.15, 0.2) is 24.3 Å². The van der Waals surface area contributed by atoms with Gasteiger partial charge in [-0.2, -0.15) is 0 Å². The van der Waals surface area contributed by atoms with Gasteiger partial charge in [0.1, 0.15) is 0 Å². The lowest BCUT2D eigenvalue weighted by atomic mass is 10.1. The summed E-state index contributed by atoms with van der Waals surface area (Å²) in [4.78, 5) is 2.32. The molecule has 0 aliphatic carbocycles. The van der Waals surface area contributed by atoms with Gasteiger partial charge in [-0.05, 0) is 24.8 Å². The molecule has 0 heterocycles. The predicted molar refractivity (Wildman–Crippen MR) is 83.8 cm³/mol. The fourth-order valence-corrected chi connectivity index (χ4v) is 2.21. The highest BCUT2D eigenvalue weighted by atomic mass is 16.5. The lowest BCUT2D eigenvalue weighted by molar-refractivity contribution is 0.0683. The summed E-state index contributed by atoms with van der Waals surface area (Å²) in [6.45, 7) is 9.55. The number of rotatable bonds is 9. The molecule has 0 aromatic heterocycles. The molecule has 1 N–H and O–H groups in total. The van der Waals surface area contributed by atoms with Gasteiger partial charge in [0, 0.05) is 33.4 Å². The quantitative estimate of drug-likeness (QED) is 0.706. The zero-order chi connectivity index (χ0) is 15.0. The zero-order valence-electron chi connectivity index (χ0n) is 13.3. The van der Waals surface area contributed by atoms with Crippen LogP contribution in [-0.2, 0) is 11.3 Å². The van der Waals surface area contributed by atoms with Crippen molar-refractivity contribution in [3.05, 3.63) is 35.4 Å². The molecule has 20 heavy (non-hydrogen) atoms. The first-order chi connectivity index (χ1) is 9.52. The van der Waals surface area contributed by atoms with Crippen LogP contribution in [0.1, 0.15) is 31.4 Å². The smallest absolute Gasteiger partial charge is 0.0690 e. The second kappa shape index (κ2) is 9.11. The fourth-order valence-electron chi connectivity index (χ4n) is 2.21. The van der Waals surface area contributed by atoms with Gasteiger partial charge >= 0.3 is 0 Å². The molecule has 0 spiro atoms. The van der Waals surface area contributed by atoms with Gasteiger partial charge in [-0.15, -0.1) is 0 Å². The summed E-state index contributed by atoms with van der Waals surface area (Å²) in [6.07, 6.45) is 0.718. The first-order valence-electron chi connectivity index (χ1n) is 7.48. The third-order valence-corrected chi connectivity index (χ3v) is 3.53. The number of ether oxygens (including phenoxy) is 1. The van der Waals surface area contributed by atoms with Gasteiger partial charge in [0.05, 0.1) is 6.10 Å². The highest BCUT2D eigenvalue weighted by Gasteiger charge is 2.15. The summed E-state index contributed by atoms with van der Waals surface area (Å²) in [5, 5.41) is 10.1. The van der Waals surface area contributed by atoms with Crippen LogP contribution in [0.2, 0.25) is 0 Å². The maximum Gasteiger partial charge on any atom is 0.0690 e. The molecule has 3 heteroatoms. The molecule has 0 amide bonds. The minimum atomic E-state index is -0.276. The Morgan fingerprint density at radius 3 is 2.65 bits per heavy atom. The molecular weight excluding hydrogens is 250 g/mol. The number of benzene rings is 1. The molecule has 3 nitrogen and oxygen atoms in total. The Balaban J connectivity index is 2.61. The molecule has 1 rings (SSSR count). The van der Waals surface area contributed by atoms with Crippen LogP contribution in [0, 0.1) is 12.8 Å². The van der Waals surface area contributed by atoms with Crippen molar-refractivity contribution in [2.75, 3.05) is 26.8 Å². The van der Waals surface area contributed by atoms with Gasteiger partial charge in [-0.3, -0.25) is 4.90 Å². The Labute approximate surface area is 123 Å². The monoisotopic (exact) mass is 279 g/mol. The molecule has 0 aliphatic rings. The Morgan fingerprint density at radius 2 is 2.05 bits per heavy atom. The number of aliphatic hydroxyl groups is 1. The maximum atomic E-state index is 10.1. The van der Waals surface area contributed by atoms with E-state index in [1.165, 1.54) is 11.1 Å². The lowest BCUT2D eigenvalue weighted by Gasteiger charge is -2.27. The van der Waals surface area contributed by atoms with E-state index in [0.717, 1.165) is 32.7 Å². The molecule has 0 saturated heterocycles. The molecule has 0 bridgehead atoms. The second-order valence-electron chi connectivity index (χ2n) is 5.88. The maximum absolute atomic E-state index is 10.1. The Hall–Kier alpha value is -0.900. The summed E-state index contributed by atoms with van der Waals surface area (Å²) >= 11 is 0. The number of aliphatic hydroxyl groups excluding tert-OH is 1. The average Bonchev–Trinajstić information content (AvgIpc) is 2.38. The summed E-state index contributed by atoms with van der Waals surface area (Å²) < 4.78 is 5.12. The summed E-state index contributed by atoms with van der Waals surface area (Å²) in [6, 6.07) is 8.57. The fraction of sp³-hybridized carbons (Fsp3) is 0.647. The van der Waals surface area contributed by atoms with E-state index in [9.17, 15) is 5.11 Å². The summed E-state index contributed by atoms with van der Waals surface area (Å²) in [5.41, 5.74) is 2.59. The first-order valence-corrected chi connectivity index (χ1v) is 7.48. The first kappa shape index (κ1) is 17.2. The van der Waals surface area contributed by atoms with Crippen molar-refractivity contribution in [3.8, 4) is 0 Å². The van der Waals surface area contributed by atoms with Crippen molar-refractivity contribution in [1.82, 2.24) is 4.90 Å². The lowest BCUT2D eigenvalue weighted by Crippen LogP contribution is -2.35. The second-order valence-corrected chi connectivity index (χ2v) is 5.88. The van der Waals surface area contributed by atoms with Gasteiger partial charge in [0.15, 0.2) is 0 Å². The van der Waals surface area contributed by atoms with Crippen LogP contribution < -0.4 is 0 Å². The number of hydrogen-bond donors (Lipinski definition) is 1. The number of nitrogens with zero attached hydrogens (tertiary/aromatic N) is 1. The molecule has 1 unspecified atom stereocenters. The van der Waals surface area contributed by atoms with E-state index < -0.39 is 0 Å². The molecule has 0 radical (unpaired) electrons. The third-order valence-electron chi connectivity index (χ3n) is 3.53. The Morgan fingerprint density at radius 1 is 1.30 bits per heavy atom. The molecule has 114 valence electrons. The van der Waals surface area contributed by atoms with Gasteiger partial charge in [0.25, 0.3) is 0 Å². The number of methoxy groups -OCH3 is 1. The largest absolute Gasteiger partial charge is 0.392 e. The van der Waals surface area contributed by atoms with E-state index in [-0.39, 0.29) is 12.0 Å². The Kier molecular flexibility index (Phi) is 7.82. The van der Waals surface area contributed by atoms with Crippen molar-refractivity contribution in [2.24, 2.45) is 5.92 Å².